The Morgan fingerprint density at radius 3 is 1.38 bits per heavy atom. The molecule has 146 valence electrons. The Morgan fingerprint density at radius 1 is 0.708 bits per heavy atom. The second-order valence-electron chi connectivity index (χ2n) is 7.20. The predicted molar refractivity (Wildman–Crippen MR) is 105 cm³/mol. The number of rotatable bonds is 16. The first-order valence-corrected chi connectivity index (χ1v) is 11.8. The van der Waals surface area contributed by atoms with E-state index in [1.165, 1.54) is 69.2 Å². The van der Waals surface area contributed by atoms with Crippen molar-refractivity contribution in [1.29, 1.82) is 0 Å². The maximum absolute atomic E-state index is 5.69. The summed E-state index contributed by atoms with van der Waals surface area (Å²) in [5.41, 5.74) is 0.333. The fraction of sp³-hybridized carbons (Fsp3) is 1.00. The summed E-state index contributed by atoms with van der Waals surface area (Å²) in [5.74, 6) is 0. The van der Waals surface area contributed by atoms with Gasteiger partial charge >= 0.3 is 8.80 Å². The second-order valence-corrected chi connectivity index (χ2v) is 10.6. The summed E-state index contributed by atoms with van der Waals surface area (Å²) in [6.07, 6.45) is 8.91. The van der Waals surface area contributed by atoms with Gasteiger partial charge in [0.2, 0.25) is 0 Å². The molecule has 0 heterocycles. The third-order valence-electron chi connectivity index (χ3n) is 5.45. The van der Waals surface area contributed by atoms with Crippen molar-refractivity contribution >= 4 is 8.80 Å². The molecular weight excluding hydrogens is 318 g/mol. The van der Waals surface area contributed by atoms with E-state index < -0.39 is 8.80 Å². The first kappa shape index (κ1) is 24.1. The molecule has 0 rings (SSSR count). The molecule has 0 aromatic heterocycles. The highest BCUT2D eigenvalue weighted by molar-refractivity contribution is 6.62. The standard InChI is InChI=1S/C19H44NO3Si/c1-8-11-15-20(16-12-9-2,17-13-10-3)18-14-19(4)24(21-5,22-6)23-7/h19H,8-18H2,1-7H3/q+1. The van der Waals surface area contributed by atoms with E-state index >= 15 is 0 Å². The maximum atomic E-state index is 5.69. The molecular formula is C19H44NO3Si+. The van der Waals surface area contributed by atoms with Crippen LogP contribution in [0, 0.1) is 0 Å². The van der Waals surface area contributed by atoms with Gasteiger partial charge in [0.15, 0.2) is 0 Å². The molecule has 0 aromatic rings. The third kappa shape index (κ3) is 7.52. The van der Waals surface area contributed by atoms with E-state index in [1.807, 2.05) is 0 Å². The molecule has 0 aromatic carbocycles. The average molecular weight is 363 g/mol. The van der Waals surface area contributed by atoms with Gasteiger partial charge in [-0.05, 0) is 19.3 Å². The molecule has 0 saturated carbocycles. The maximum Gasteiger partial charge on any atom is 0.503 e. The zero-order valence-corrected chi connectivity index (χ0v) is 18.5. The van der Waals surface area contributed by atoms with Gasteiger partial charge in [-0.3, -0.25) is 0 Å². The first-order chi connectivity index (χ1) is 11.5. The van der Waals surface area contributed by atoms with Gasteiger partial charge in [0, 0.05) is 33.3 Å². The van der Waals surface area contributed by atoms with Crippen LogP contribution < -0.4 is 0 Å². The Balaban J connectivity index is 5.05. The molecule has 0 spiro atoms. The van der Waals surface area contributed by atoms with Crippen molar-refractivity contribution < 1.29 is 17.8 Å². The second kappa shape index (κ2) is 13.3. The van der Waals surface area contributed by atoms with Crippen molar-refractivity contribution in [3.63, 3.8) is 0 Å². The van der Waals surface area contributed by atoms with Gasteiger partial charge in [-0.25, -0.2) is 0 Å². The van der Waals surface area contributed by atoms with Gasteiger partial charge in [0.1, 0.15) is 0 Å². The highest BCUT2D eigenvalue weighted by atomic mass is 28.4. The van der Waals surface area contributed by atoms with Crippen molar-refractivity contribution in [3.8, 4) is 0 Å². The molecule has 0 aliphatic heterocycles. The van der Waals surface area contributed by atoms with Crippen LogP contribution in [0.3, 0.4) is 0 Å². The van der Waals surface area contributed by atoms with Crippen molar-refractivity contribution in [2.24, 2.45) is 0 Å². The summed E-state index contributed by atoms with van der Waals surface area (Å²) in [7, 11) is 2.65. The van der Waals surface area contributed by atoms with Crippen LogP contribution in [0.2, 0.25) is 5.54 Å². The van der Waals surface area contributed by atoms with Crippen LogP contribution in [0.1, 0.15) is 72.6 Å². The third-order valence-corrected chi connectivity index (χ3v) is 8.65. The highest BCUT2D eigenvalue weighted by Gasteiger charge is 2.45. The summed E-state index contributed by atoms with van der Waals surface area (Å²) in [4.78, 5) is 0. The van der Waals surface area contributed by atoms with E-state index in [9.17, 15) is 0 Å². The van der Waals surface area contributed by atoms with Crippen LogP contribution in [-0.2, 0) is 13.3 Å². The largest absolute Gasteiger partial charge is 0.503 e. The van der Waals surface area contributed by atoms with E-state index in [-0.39, 0.29) is 0 Å². The lowest BCUT2D eigenvalue weighted by Crippen LogP contribution is -2.53. The molecule has 0 saturated heterocycles. The first-order valence-electron chi connectivity index (χ1n) is 10.00. The SMILES string of the molecule is CCCC[N+](CCCC)(CCCC)CCC(C)[Si](OC)(OC)OC. The van der Waals surface area contributed by atoms with E-state index in [4.69, 9.17) is 13.3 Å². The van der Waals surface area contributed by atoms with Crippen molar-refractivity contribution in [1.82, 2.24) is 0 Å². The molecule has 0 N–H and O–H groups in total. The fourth-order valence-corrected chi connectivity index (χ4v) is 5.84. The van der Waals surface area contributed by atoms with Crippen LogP contribution in [0.15, 0.2) is 0 Å². The normalized spacial score (nSPS) is 14.1. The quantitative estimate of drug-likeness (QED) is 0.290. The summed E-state index contributed by atoms with van der Waals surface area (Å²) < 4.78 is 18.3. The Kier molecular flexibility index (Phi) is 13.3. The number of hydrogen-bond donors (Lipinski definition) is 0. The fourth-order valence-electron chi connectivity index (χ4n) is 3.65. The summed E-state index contributed by atoms with van der Waals surface area (Å²) in [6.45, 7) is 14.3. The number of nitrogens with zero attached hydrogens (tertiary/aromatic N) is 1. The van der Waals surface area contributed by atoms with Gasteiger partial charge in [-0.1, -0.05) is 47.0 Å². The Morgan fingerprint density at radius 2 is 1.08 bits per heavy atom. The lowest BCUT2D eigenvalue weighted by molar-refractivity contribution is -0.929. The van der Waals surface area contributed by atoms with Crippen LogP contribution >= 0.6 is 0 Å². The van der Waals surface area contributed by atoms with Crippen LogP contribution in [0.4, 0.5) is 0 Å². The Bertz CT molecular complexity index is 268. The van der Waals surface area contributed by atoms with Crippen LogP contribution in [0.25, 0.3) is 0 Å². The smallest absolute Gasteiger partial charge is 0.377 e. The molecule has 0 amide bonds. The predicted octanol–water partition coefficient (Wildman–Crippen LogP) is 4.86. The Hall–Kier alpha value is 0.0569. The number of hydrogen-bond acceptors (Lipinski definition) is 3. The van der Waals surface area contributed by atoms with Gasteiger partial charge in [-0.15, -0.1) is 0 Å². The number of quaternary nitrogens is 1. The van der Waals surface area contributed by atoms with Gasteiger partial charge in [0.25, 0.3) is 0 Å². The molecule has 0 bridgehead atoms. The minimum atomic E-state index is -2.52. The van der Waals surface area contributed by atoms with Crippen molar-refractivity contribution in [2.45, 2.75) is 78.2 Å². The molecule has 1 unspecified atom stereocenters. The molecule has 1 atom stereocenters. The lowest BCUT2D eigenvalue weighted by atomic mass is 10.1. The zero-order valence-electron chi connectivity index (χ0n) is 17.5. The van der Waals surface area contributed by atoms with E-state index in [2.05, 4.69) is 27.7 Å². The monoisotopic (exact) mass is 362 g/mol. The van der Waals surface area contributed by atoms with Gasteiger partial charge in [0.05, 0.1) is 26.2 Å². The van der Waals surface area contributed by atoms with E-state index in [0.717, 1.165) is 6.42 Å². The van der Waals surface area contributed by atoms with Crippen molar-refractivity contribution in [3.05, 3.63) is 0 Å². The minimum absolute atomic E-state index is 0.333. The topological polar surface area (TPSA) is 27.7 Å². The van der Waals surface area contributed by atoms with E-state index in [1.54, 1.807) is 21.3 Å². The summed E-state index contributed by atoms with van der Waals surface area (Å²) in [5, 5.41) is 0. The molecule has 4 nitrogen and oxygen atoms in total. The van der Waals surface area contributed by atoms with Gasteiger partial charge < -0.3 is 17.8 Å². The highest BCUT2D eigenvalue weighted by Crippen LogP contribution is 2.29. The summed E-state index contributed by atoms with van der Waals surface area (Å²) >= 11 is 0. The molecule has 0 radical (unpaired) electrons. The lowest BCUT2D eigenvalue weighted by Gasteiger charge is -2.41. The molecule has 5 heteroatoms. The van der Waals surface area contributed by atoms with E-state index in [0.29, 0.717) is 5.54 Å². The number of unbranched alkanes of at least 4 members (excludes halogenated alkanes) is 3. The zero-order chi connectivity index (χ0) is 18.5. The Labute approximate surface area is 152 Å². The molecule has 24 heavy (non-hydrogen) atoms. The molecule has 0 aliphatic rings. The van der Waals surface area contributed by atoms with Crippen molar-refractivity contribution in [2.75, 3.05) is 47.5 Å². The van der Waals surface area contributed by atoms with Gasteiger partial charge in [-0.2, -0.15) is 0 Å². The summed E-state index contributed by atoms with van der Waals surface area (Å²) in [6, 6.07) is 0. The molecule has 0 aliphatic carbocycles. The average Bonchev–Trinajstić information content (AvgIpc) is 2.62. The molecule has 0 fully saturated rings. The minimum Gasteiger partial charge on any atom is -0.377 e. The van der Waals surface area contributed by atoms with Crippen LogP contribution in [-0.4, -0.2) is 60.8 Å². The van der Waals surface area contributed by atoms with Crippen LogP contribution in [0.5, 0.6) is 0 Å².